The molecule has 0 atom stereocenters. The van der Waals surface area contributed by atoms with E-state index in [0.717, 1.165) is 45.8 Å². The normalized spacial score (nSPS) is 14.7. The van der Waals surface area contributed by atoms with E-state index >= 15 is 0 Å². The van der Waals surface area contributed by atoms with Gasteiger partial charge in [0.15, 0.2) is 11.6 Å². The van der Waals surface area contributed by atoms with Crippen LogP contribution >= 0.6 is 0 Å². The standard InChI is InChI=1S/C22H25N7O2S.C18H15N5O/c1-16-12-23-13-19(16)17-3-4-22-26-21(15-28(22)14-17)25-20-11-18(5-6-24-20)27-7-9-29(10-8-27)32(2,30)31;24-12-13-5-7-20-16(8-13)21-17-11-23-10-15(3-4-18(23)22-17)14-2-1-6-19-9-14/h3-6,11,13-15H,7-10,12H2,1-2H3,(H,24,25);1-11,24H,12H2,(H,20,21). The van der Waals surface area contributed by atoms with Gasteiger partial charge in [0.25, 0.3) is 0 Å². The van der Waals surface area contributed by atoms with Gasteiger partial charge in [0.2, 0.25) is 10.0 Å². The lowest BCUT2D eigenvalue weighted by molar-refractivity contribution is 0.282. The third-order valence-corrected chi connectivity index (χ3v) is 10.9. The molecule has 0 spiro atoms. The highest BCUT2D eigenvalue weighted by Gasteiger charge is 2.23. The molecule has 0 amide bonds. The van der Waals surface area contributed by atoms with Crippen LogP contribution in [-0.2, 0) is 16.6 Å². The minimum atomic E-state index is -3.14. The number of aliphatic imine (C=N–C) groups is 1. The molecule has 56 heavy (non-hydrogen) atoms. The third-order valence-electron chi connectivity index (χ3n) is 9.55. The van der Waals surface area contributed by atoms with Crippen LogP contribution < -0.4 is 15.5 Å². The monoisotopic (exact) mass is 768 g/mol. The average Bonchev–Trinajstić information content (AvgIpc) is 3.95. The summed E-state index contributed by atoms with van der Waals surface area (Å²) >= 11 is 0. The second-order valence-electron chi connectivity index (χ2n) is 13.5. The van der Waals surface area contributed by atoms with Crippen LogP contribution in [0.15, 0.2) is 121 Å². The summed E-state index contributed by atoms with van der Waals surface area (Å²) in [6.07, 6.45) is 18.1. The zero-order chi connectivity index (χ0) is 38.6. The Labute approximate surface area is 323 Å². The van der Waals surface area contributed by atoms with E-state index in [-0.39, 0.29) is 6.61 Å². The largest absolute Gasteiger partial charge is 0.392 e. The molecule has 2 aliphatic rings. The molecule has 7 aromatic heterocycles. The first-order chi connectivity index (χ1) is 27.2. The fourth-order valence-corrected chi connectivity index (χ4v) is 7.45. The molecule has 7 aromatic rings. The van der Waals surface area contributed by atoms with Crippen molar-refractivity contribution in [1.29, 1.82) is 0 Å². The van der Waals surface area contributed by atoms with Gasteiger partial charge in [-0.05, 0) is 77.7 Å². The van der Waals surface area contributed by atoms with E-state index in [2.05, 4.69) is 64.6 Å². The number of hydrogen-bond donors (Lipinski definition) is 3. The van der Waals surface area contributed by atoms with Crippen LogP contribution in [0.1, 0.15) is 18.1 Å². The van der Waals surface area contributed by atoms with Crippen molar-refractivity contribution in [3.8, 4) is 11.1 Å². The lowest BCUT2D eigenvalue weighted by Gasteiger charge is -2.34. The quantitative estimate of drug-likeness (QED) is 0.171. The Morgan fingerprint density at radius 2 is 1.39 bits per heavy atom. The van der Waals surface area contributed by atoms with Crippen LogP contribution in [0, 0.1) is 0 Å². The van der Waals surface area contributed by atoms with Crippen molar-refractivity contribution in [1.82, 2.24) is 38.0 Å². The number of allylic oxidation sites excluding steroid dienone is 1. The smallest absolute Gasteiger partial charge is 0.211 e. The summed E-state index contributed by atoms with van der Waals surface area (Å²) < 4.78 is 29.0. The van der Waals surface area contributed by atoms with Gasteiger partial charge >= 0.3 is 0 Å². The van der Waals surface area contributed by atoms with Gasteiger partial charge in [-0.2, -0.15) is 4.31 Å². The van der Waals surface area contributed by atoms with Crippen molar-refractivity contribution >= 4 is 62.1 Å². The van der Waals surface area contributed by atoms with Crippen LogP contribution in [0.25, 0.3) is 28.0 Å². The van der Waals surface area contributed by atoms with Crippen LogP contribution in [0.5, 0.6) is 0 Å². The number of hydrogen-bond acceptors (Lipinski definition) is 12. The fraction of sp³-hybridized carbons (Fsp3) is 0.200. The Morgan fingerprint density at radius 3 is 2.02 bits per heavy atom. The first-order valence-corrected chi connectivity index (χ1v) is 19.9. The number of aliphatic hydroxyl groups is 1. The number of piperazine rings is 1. The molecule has 15 nitrogen and oxygen atoms in total. The topological polar surface area (TPSA) is 171 Å². The van der Waals surface area contributed by atoms with Gasteiger partial charge in [-0.3, -0.25) is 9.98 Å². The first-order valence-electron chi connectivity index (χ1n) is 18.0. The molecule has 1 fully saturated rings. The number of aliphatic hydroxyl groups excluding tert-OH is 1. The van der Waals surface area contributed by atoms with E-state index in [1.54, 1.807) is 30.7 Å². The average molecular weight is 769 g/mol. The number of anilines is 5. The molecule has 0 aromatic carbocycles. The Bertz CT molecular complexity index is 2680. The molecule has 2 aliphatic heterocycles. The number of nitrogens with one attached hydrogen (secondary N) is 2. The molecule has 9 heterocycles. The highest BCUT2D eigenvalue weighted by Crippen LogP contribution is 2.26. The van der Waals surface area contributed by atoms with Gasteiger partial charge in [-0.1, -0.05) is 6.07 Å². The Kier molecular flexibility index (Phi) is 10.2. The lowest BCUT2D eigenvalue weighted by Crippen LogP contribution is -2.48. The minimum Gasteiger partial charge on any atom is -0.392 e. The van der Waals surface area contributed by atoms with Crippen molar-refractivity contribution in [3.05, 3.63) is 127 Å². The number of nitrogens with zero attached hydrogens (tertiary/aromatic N) is 10. The zero-order valence-electron chi connectivity index (χ0n) is 30.9. The van der Waals surface area contributed by atoms with E-state index in [1.807, 2.05) is 82.3 Å². The third kappa shape index (κ3) is 8.27. The summed E-state index contributed by atoms with van der Waals surface area (Å²) in [6, 6.07) is 19.5. The van der Waals surface area contributed by atoms with Gasteiger partial charge in [-0.25, -0.2) is 28.4 Å². The molecule has 1 saturated heterocycles. The van der Waals surface area contributed by atoms with Gasteiger partial charge in [0.05, 0.1) is 31.8 Å². The SMILES string of the molecule is CC1=C(c2ccc3nc(Nc4cc(N5CCN(S(C)(=O)=O)CC5)ccn4)cn3c2)C=NC1.OCc1ccnc(Nc2cn3cc(-c4cccnc4)ccc3n2)c1. The van der Waals surface area contributed by atoms with Crippen molar-refractivity contribution in [3.63, 3.8) is 0 Å². The van der Waals surface area contributed by atoms with E-state index in [0.29, 0.717) is 49.5 Å². The molecule has 3 N–H and O–H groups in total. The summed E-state index contributed by atoms with van der Waals surface area (Å²) in [5.41, 5.74) is 9.16. The van der Waals surface area contributed by atoms with Crippen LogP contribution in [0.3, 0.4) is 0 Å². The van der Waals surface area contributed by atoms with Crippen molar-refractivity contribution in [2.45, 2.75) is 13.5 Å². The maximum Gasteiger partial charge on any atom is 0.211 e. The second kappa shape index (κ2) is 15.7. The number of rotatable bonds is 9. The van der Waals surface area contributed by atoms with Gasteiger partial charge < -0.3 is 29.4 Å². The highest BCUT2D eigenvalue weighted by molar-refractivity contribution is 7.88. The van der Waals surface area contributed by atoms with E-state index in [4.69, 9.17) is 0 Å². The molecular formula is C40H40N12O3S. The number of fused-ring (bicyclic) bond motifs is 2. The Morgan fingerprint density at radius 1 is 0.732 bits per heavy atom. The molecule has 284 valence electrons. The molecular weight excluding hydrogens is 729 g/mol. The predicted molar refractivity (Wildman–Crippen MR) is 219 cm³/mol. The molecule has 0 radical (unpaired) electrons. The molecule has 9 rings (SSSR count). The summed E-state index contributed by atoms with van der Waals surface area (Å²) in [4.78, 5) is 28.5. The highest BCUT2D eigenvalue weighted by atomic mass is 32.2. The van der Waals surface area contributed by atoms with Crippen molar-refractivity contribution in [2.75, 3.05) is 54.5 Å². The molecule has 0 unspecified atom stereocenters. The van der Waals surface area contributed by atoms with Crippen LogP contribution in [0.2, 0.25) is 0 Å². The summed E-state index contributed by atoms with van der Waals surface area (Å²) in [7, 11) is -3.14. The summed E-state index contributed by atoms with van der Waals surface area (Å²) in [6.45, 7) is 5.11. The number of aromatic nitrogens is 7. The number of sulfonamides is 1. The Hall–Kier alpha value is -6.49. The number of pyridine rings is 5. The van der Waals surface area contributed by atoms with Crippen LogP contribution in [0.4, 0.5) is 29.0 Å². The predicted octanol–water partition coefficient (Wildman–Crippen LogP) is 5.44. The molecule has 16 heteroatoms. The van der Waals surface area contributed by atoms with E-state index < -0.39 is 10.0 Å². The van der Waals surface area contributed by atoms with Gasteiger partial charge in [0, 0.05) is 92.5 Å². The van der Waals surface area contributed by atoms with Crippen molar-refractivity contribution < 1.29 is 13.5 Å². The van der Waals surface area contributed by atoms with Crippen molar-refractivity contribution in [2.24, 2.45) is 4.99 Å². The lowest BCUT2D eigenvalue weighted by atomic mass is 10.1. The number of imidazole rings is 2. The Balaban J connectivity index is 0.000000164. The summed E-state index contributed by atoms with van der Waals surface area (Å²) in [5.74, 6) is 2.75. The summed E-state index contributed by atoms with van der Waals surface area (Å²) in [5, 5.41) is 15.7. The maximum absolute atomic E-state index is 11.7. The van der Waals surface area contributed by atoms with Crippen LogP contribution in [-0.4, -0.2) is 96.7 Å². The van der Waals surface area contributed by atoms with Gasteiger partial charge in [-0.15, -0.1) is 0 Å². The second-order valence-corrected chi connectivity index (χ2v) is 15.5. The minimum absolute atomic E-state index is 0.0170. The zero-order valence-corrected chi connectivity index (χ0v) is 31.7. The van der Waals surface area contributed by atoms with Gasteiger partial charge in [0.1, 0.15) is 22.9 Å². The molecule has 0 bridgehead atoms. The molecule has 0 saturated carbocycles. The van der Waals surface area contributed by atoms with E-state index in [9.17, 15) is 13.5 Å². The fourth-order valence-electron chi connectivity index (χ4n) is 6.62. The first kappa shape index (κ1) is 36.5. The van der Waals surface area contributed by atoms with E-state index in [1.165, 1.54) is 21.7 Å². The maximum atomic E-state index is 11.7. The molecule has 0 aliphatic carbocycles.